The number of hydrogen-bond donors (Lipinski definition) is 2. The van der Waals surface area contributed by atoms with Gasteiger partial charge in [0.25, 0.3) is 11.8 Å². The van der Waals surface area contributed by atoms with Crippen LogP contribution in [0.2, 0.25) is 0 Å². The van der Waals surface area contributed by atoms with E-state index in [9.17, 15) is 24.0 Å². The summed E-state index contributed by atoms with van der Waals surface area (Å²) >= 11 is 12.8. The summed E-state index contributed by atoms with van der Waals surface area (Å²) in [4.78, 5) is 63.5. The number of hydrazine groups is 1. The highest BCUT2D eigenvalue weighted by molar-refractivity contribution is 6.32. The Kier molecular flexibility index (Phi) is 6.44. The summed E-state index contributed by atoms with van der Waals surface area (Å²) in [5.74, 6) is -3.79. The Hall–Kier alpha value is -3.43. The molecule has 186 valence electrons. The first-order valence-corrected chi connectivity index (χ1v) is 12.2. The van der Waals surface area contributed by atoms with Crippen molar-refractivity contribution in [3.63, 3.8) is 0 Å². The molecule has 2 saturated carbocycles. The van der Waals surface area contributed by atoms with Crippen LogP contribution in [0.1, 0.15) is 27.1 Å². The third kappa shape index (κ3) is 4.12. The first kappa shape index (κ1) is 24.3. The number of amides is 4. The number of halogens is 2. The van der Waals surface area contributed by atoms with Crippen LogP contribution in [0.25, 0.3) is 0 Å². The second kappa shape index (κ2) is 9.55. The lowest BCUT2D eigenvalue weighted by atomic mass is 9.80. The topological polar surface area (TPSA) is 122 Å². The summed E-state index contributed by atoms with van der Waals surface area (Å²) < 4.78 is 4.98. The van der Waals surface area contributed by atoms with E-state index in [4.69, 9.17) is 27.9 Å². The number of alkyl halides is 2. The maximum absolute atomic E-state index is 13.1. The van der Waals surface area contributed by atoms with E-state index in [1.165, 1.54) is 24.3 Å². The van der Waals surface area contributed by atoms with Crippen LogP contribution in [-0.4, -0.2) is 47.0 Å². The predicted molar refractivity (Wildman–Crippen MR) is 129 cm³/mol. The summed E-state index contributed by atoms with van der Waals surface area (Å²) in [6.07, 6.45) is 0.678. The van der Waals surface area contributed by atoms with Gasteiger partial charge in [-0.1, -0.05) is 18.2 Å². The number of benzene rings is 2. The minimum absolute atomic E-state index is 0.122. The molecule has 2 aromatic carbocycles. The van der Waals surface area contributed by atoms with Gasteiger partial charge in [-0.2, -0.15) is 0 Å². The molecule has 2 bridgehead atoms. The molecule has 11 heteroatoms. The van der Waals surface area contributed by atoms with Crippen molar-refractivity contribution in [3.8, 4) is 0 Å². The summed E-state index contributed by atoms with van der Waals surface area (Å²) in [7, 11) is 0. The molecule has 1 saturated heterocycles. The minimum atomic E-state index is -0.782. The number of carbonyl (C=O) groups excluding carboxylic acids is 5. The summed E-state index contributed by atoms with van der Waals surface area (Å²) in [6.45, 7) is -0.621. The van der Waals surface area contributed by atoms with Gasteiger partial charge in [-0.15, -0.1) is 23.2 Å². The smallest absolute Gasteiger partial charge is 0.338 e. The fourth-order valence-electron chi connectivity index (χ4n) is 5.39. The van der Waals surface area contributed by atoms with Crippen LogP contribution >= 0.6 is 23.2 Å². The average Bonchev–Trinajstić information content (AvgIpc) is 3.51. The van der Waals surface area contributed by atoms with Gasteiger partial charge in [0.05, 0.1) is 33.8 Å². The van der Waals surface area contributed by atoms with Crippen molar-refractivity contribution in [2.45, 2.75) is 17.2 Å². The highest BCUT2D eigenvalue weighted by Crippen LogP contribution is 2.59. The summed E-state index contributed by atoms with van der Waals surface area (Å²) in [6, 6.07) is 14.0. The number of rotatable bonds is 5. The van der Waals surface area contributed by atoms with Crippen LogP contribution in [-0.2, 0) is 19.1 Å². The molecule has 1 aliphatic heterocycles. The van der Waals surface area contributed by atoms with Crippen molar-refractivity contribution in [2.75, 3.05) is 11.5 Å². The Morgan fingerprint density at radius 1 is 0.833 bits per heavy atom. The van der Waals surface area contributed by atoms with Gasteiger partial charge in [-0.25, -0.2) is 4.79 Å². The molecule has 1 heterocycles. The highest BCUT2D eigenvalue weighted by atomic mass is 35.5. The van der Waals surface area contributed by atoms with Crippen LogP contribution in [0.3, 0.4) is 0 Å². The largest absolute Gasteiger partial charge is 0.452 e. The monoisotopic (exact) mass is 529 g/mol. The number of anilines is 1. The lowest BCUT2D eigenvalue weighted by Gasteiger charge is -2.28. The fourth-order valence-corrected chi connectivity index (χ4v) is 6.28. The maximum Gasteiger partial charge on any atom is 0.338 e. The average molecular weight is 530 g/mol. The van der Waals surface area contributed by atoms with Crippen LogP contribution in [0.5, 0.6) is 0 Å². The van der Waals surface area contributed by atoms with Crippen molar-refractivity contribution >= 4 is 58.5 Å². The van der Waals surface area contributed by atoms with Crippen LogP contribution < -0.4 is 15.8 Å². The molecule has 0 unspecified atom stereocenters. The molecule has 0 aromatic heterocycles. The molecule has 5 rings (SSSR count). The van der Waals surface area contributed by atoms with E-state index in [0.29, 0.717) is 17.7 Å². The zero-order valence-corrected chi connectivity index (χ0v) is 20.2. The van der Waals surface area contributed by atoms with Crippen molar-refractivity contribution in [3.05, 3.63) is 65.7 Å². The predicted octanol–water partition coefficient (Wildman–Crippen LogP) is 2.27. The number of ether oxygens (including phenoxy) is 1. The van der Waals surface area contributed by atoms with Crippen LogP contribution in [0.15, 0.2) is 54.6 Å². The molecule has 6 atom stereocenters. The number of carbonyl (C=O) groups is 5. The van der Waals surface area contributed by atoms with E-state index >= 15 is 0 Å². The molecule has 2 aromatic rings. The van der Waals surface area contributed by atoms with E-state index in [-0.39, 0.29) is 40.0 Å². The van der Waals surface area contributed by atoms with Crippen molar-refractivity contribution < 1.29 is 28.7 Å². The van der Waals surface area contributed by atoms with Crippen molar-refractivity contribution in [1.82, 2.24) is 10.9 Å². The fraction of sp³-hybridized carbons (Fsp3) is 0.320. The Morgan fingerprint density at radius 2 is 1.42 bits per heavy atom. The van der Waals surface area contributed by atoms with Crippen molar-refractivity contribution in [2.24, 2.45) is 23.7 Å². The first-order valence-electron chi connectivity index (χ1n) is 11.4. The molecule has 2 N–H and O–H groups in total. The SMILES string of the molecule is O=C(COC(=O)c1ccc(N2C(=O)[C@@H]3[C@H]4C[C@@H]([C@H](Cl)[C@H]4Cl)[C@@H]3C2=O)cc1)NNC(=O)c1ccccc1. The molecule has 9 nitrogen and oxygen atoms in total. The number of fused-ring (bicyclic) bond motifs is 5. The van der Waals surface area contributed by atoms with Gasteiger partial charge in [0.15, 0.2) is 6.61 Å². The number of imide groups is 1. The highest BCUT2D eigenvalue weighted by Gasteiger charge is 2.66. The second-order valence-corrected chi connectivity index (χ2v) is 10.0. The lowest BCUT2D eigenvalue weighted by molar-refractivity contribution is -0.125. The van der Waals surface area contributed by atoms with E-state index in [1.54, 1.807) is 30.3 Å². The normalized spacial score (nSPS) is 28.1. The van der Waals surface area contributed by atoms with Crippen LogP contribution in [0, 0.1) is 23.7 Å². The first-order chi connectivity index (χ1) is 17.3. The van der Waals surface area contributed by atoms with Gasteiger partial charge >= 0.3 is 5.97 Å². The molecule has 2 aliphatic carbocycles. The van der Waals surface area contributed by atoms with Crippen LogP contribution in [0.4, 0.5) is 5.69 Å². The Balaban J connectivity index is 1.16. The molecular weight excluding hydrogens is 509 g/mol. The quantitative estimate of drug-likeness (QED) is 0.265. The molecule has 3 fully saturated rings. The Morgan fingerprint density at radius 3 is 2.00 bits per heavy atom. The Bertz CT molecular complexity index is 1210. The number of nitrogens with one attached hydrogen (secondary N) is 2. The summed E-state index contributed by atoms with van der Waals surface area (Å²) in [5.41, 5.74) is 5.21. The van der Waals surface area contributed by atoms with Gasteiger partial charge in [-0.05, 0) is 54.7 Å². The van der Waals surface area contributed by atoms with Gasteiger partial charge in [0.2, 0.25) is 11.8 Å². The van der Waals surface area contributed by atoms with Gasteiger partial charge in [-0.3, -0.25) is 34.9 Å². The van der Waals surface area contributed by atoms with E-state index in [1.807, 2.05) is 0 Å². The lowest BCUT2D eigenvalue weighted by Crippen LogP contribution is -2.43. The second-order valence-electron chi connectivity index (χ2n) is 9.01. The van der Waals surface area contributed by atoms with E-state index < -0.39 is 36.2 Å². The molecular formula is C25H21Cl2N3O6. The zero-order chi connectivity index (χ0) is 25.6. The molecule has 36 heavy (non-hydrogen) atoms. The third-order valence-electron chi connectivity index (χ3n) is 7.03. The molecule has 3 aliphatic rings. The third-order valence-corrected chi connectivity index (χ3v) is 8.35. The number of esters is 1. The zero-order valence-electron chi connectivity index (χ0n) is 18.7. The van der Waals surface area contributed by atoms with E-state index in [2.05, 4.69) is 10.9 Å². The molecule has 0 spiro atoms. The van der Waals surface area contributed by atoms with Gasteiger partial charge in [0.1, 0.15) is 0 Å². The molecule has 0 radical (unpaired) electrons. The van der Waals surface area contributed by atoms with Crippen molar-refractivity contribution in [1.29, 1.82) is 0 Å². The van der Waals surface area contributed by atoms with E-state index in [0.717, 1.165) is 4.90 Å². The Labute approximate surface area is 216 Å². The number of hydrogen-bond acceptors (Lipinski definition) is 6. The van der Waals surface area contributed by atoms with Gasteiger partial charge in [0, 0.05) is 5.56 Å². The minimum Gasteiger partial charge on any atom is -0.452 e. The number of nitrogens with zero attached hydrogens (tertiary/aromatic N) is 1. The molecule has 4 amide bonds. The summed E-state index contributed by atoms with van der Waals surface area (Å²) in [5, 5.41) is -0.675. The van der Waals surface area contributed by atoms with Gasteiger partial charge < -0.3 is 4.74 Å². The maximum atomic E-state index is 13.1. The standard InChI is InChI=1S/C25H21Cl2N3O6/c26-20-15-10-16(21(20)27)19-18(15)23(33)30(24(19)34)14-8-6-13(7-9-14)25(35)36-11-17(31)28-29-22(32)12-4-2-1-3-5-12/h1-9,15-16,18-21H,10-11H2,(H,28,31)(H,29,32)/t15-,16-,18-,19+,20+,21+/m1/s1.